The molecule has 0 heterocycles. The van der Waals surface area contributed by atoms with Gasteiger partial charge in [0.05, 0.1) is 5.56 Å². The van der Waals surface area contributed by atoms with Crippen LogP contribution in [0.25, 0.3) is 0 Å². The van der Waals surface area contributed by atoms with Gasteiger partial charge < -0.3 is 10.4 Å². The fourth-order valence-electron chi connectivity index (χ4n) is 1.86. The molecule has 1 atom stereocenters. The number of rotatable bonds is 6. The van der Waals surface area contributed by atoms with E-state index in [9.17, 15) is 18.0 Å². The van der Waals surface area contributed by atoms with Crippen LogP contribution in [0.1, 0.15) is 35.7 Å². The van der Waals surface area contributed by atoms with E-state index in [1.54, 1.807) is 0 Å². The number of hydrogen-bond donors (Lipinski definition) is 2. The summed E-state index contributed by atoms with van der Waals surface area (Å²) >= 11 is 2.83. The molecule has 1 unspecified atom stereocenters. The van der Waals surface area contributed by atoms with Crippen molar-refractivity contribution in [1.82, 2.24) is 5.32 Å². The van der Waals surface area contributed by atoms with Gasteiger partial charge in [-0.15, -0.1) is 0 Å². The monoisotopic (exact) mass is 367 g/mol. The molecule has 0 bridgehead atoms. The first kappa shape index (κ1) is 18.0. The largest absolute Gasteiger partial charge is 0.417 e. The van der Waals surface area contributed by atoms with E-state index >= 15 is 0 Å². The third-order valence-corrected chi connectivity index (χ3v) is 3.89. The van der Waals surface area contributed by atoms with E-state index in [1.165, 1.54) is 12.1 Å². The molecular formula is C14H17BrF3NO2. The van der Waals surface area contributed by atoms with Crippen LogP contribution >= 0.6 is 15.9 Å². The highest BCUT2D eigenvalue weighted by Gasteiger charge is 2.33. The zero-order valence-corrected chi connectivity index (χ0v) is 13.1. The van der Waals surface area contributed by atoms with Crippen molar-refractivity contribution in [2.45, 2.75) is 25.9 Å². The van der Waals surface area contributed by atoms with Crippen molar-refractivity contribution in [3.63, 3.8) is 0 Å². The lowest BCUT2D eigenvalue weighted by molar-refractivity contribution is -0.138. The van der Waals surface area contributed by atoms with Gasteiger partial charge in [-0.3, -0.25) is 4.79 Å². The normalized spacial score (nSPS) is 13.0. The maximum Gasteiger partial charge on any atom is 0.417 e. The van der Waals surface area contributed by atoms with Crippen LogP contribution in [-0.4, -0.2) is 24.2 Å². The lowest BCUT2D eigenvalue weighted by atomic mass is 10.0. The van der Waals surface area contributed by atoms with E-state index in [0.717, 1.165) is 12.5 Å². The Bertz CT molecular complexity index is 492. The first-order valence-electron chi connectivity index (χ1n) is 6.55. The summed E-state index contributed by atoms with van der Waals surface area (Å²) in [7, 11) is 0. The van der Waals surface area contributed by atoms with Gasteiger partial charge in [-0.2, -0.15) is 13.2 Å². The summed E-state index contributed by atoms with van der Waals surface area (Å²) in [6.45, 7) is 2.27. The van der Waals surface area contributed by atoms with Crippen LogP contribution in [-0.2, 0) is 6.18 Å². The topological polar surface area (TPSA) is 49.3 Å². The Kier molecular flexibility index (Phi) is 6.67. The lowest BCUT2D eigenvalue weighted by Gasteiger charge is -2.15. The number of aliphatic hydroxyl groups is 1. The summed E-state index contributed by atoms with van der Waals surface area (Å²) in [6.07, 6.45) is -3.20. The number of carbonyl (C=O) groups excluding carboxylic acids is 1. The van der Waals surface area contributed by atoms with Crippen molar-refractivity contribution in [2.75, 3.05) is 13.2 Å². The number of aliphatic hydroxyl groups excluding tert-OH is 1. The summed E-state index contributed by atoms with van der Waals surface area (Å²) in [5.74, 6) is -0.444. The summed E-state index contributed by atoms with van der Waals surface area (Å²) < 4.78 is 38.2. The minimum atomic E-state index is -4.52. The number of alkyl halides is 3. The predicted molar refractivity (Wildman–Crippen MR) is 77.0 cm³/mol. The quantitative estimate of drug-likeness (QED) is 0.806. The number of halogens is 4. The van der Waals surface area contributed by atoms with Crippen LogP contribution in [0.2, 0.25) is 0 Å². The average Bonchev–Trinajstić information content (AvgIpc) is 2.42. The lowest BCUT2D eigenvalue weighted by Crippen LogP contribution is -2.29. The Hall–Kier alpha value is -1.08. The van der Waals surface area contributed by atoms with Gasteiger partial charge in [0.25, 0.3) is 5.91 Å². The van der Waals surface area contributed by atoms with E-state index in [4.69, 9.17) is 5.11 Å². The van der Waals surface area contributed by atoms with Crippen LogP contribution in [0.15, 0.2) is 22.7 Å². The smallest absolute Gasteiger partial charge is 0.396 e. The highest BCUT2D eigenvalue weighted by Crippen LogP contribution is 2.35. The highest BCUT2D eigenvalue weighted by atomic mass is 79.9. The standard InChI is InChI=1S/C14H17BrF3NO2/c1-2-9(5-6-20)8-19-13(21)10-3-4-12(15)11(7-10)14(16,17)18/h3-4,7,9,20H,2,5-6,8H2,1H3,(H,19,21). The number of hydrogen-bond acceptors (Lipinski definition) is 2. The maximum atomic E-state index is 12.8. The minimum Gasteiger partial charge on any atom is -0.396 e. The van der Waals surface area contributed by atoms with Gasteiger partial charge in [0, 0.05) is 23.2 Å². The third-order valence-electron chi connectivity index (χ3n) is 3.20. The van der Waals surface area contributed by atoms with Crippen molar-refractivity contribution in [1.29, 1.82) is 0 Å². The minimum absolute atomic E-state index is 0.0187. The van der Waals surface area contributed by atoms with Crippen LogP contribution < -0.4 is 5.32 Å². The van der Waals surface area contributed by atoms with E-state index in [0.29, 0.717) is 13.0 Å². The summed E-state index contributed by atoms with van der Waals surface area (Å²) in [5, 5.41) is 11.5. The second kappa shape index (κ2) is 7.79. The van der Waals surface area contributed by atoms with Crippen molar-refractivity contribution >= 4 is 21.8 Å². The van der Waals surface area contributed by atoms with Crippen molar-refractivity contribution < 1.29 is 23.1 Å². The van der Waals surface area contributed by atoms with Crippen LogP contribution in [0, 0.1) is 5.92 Å². The molecular weight excluding hydrogens is 351 g/mol. The average molecular weight is 368 g/mol. The highest BCUT2D eigenvalue weighted by molar-refractivity contribution is 9.10. The van der Waals surface area contributed by atoms with E-state index in [1.807, 2.05) is 6.92 Å². The molecule has 1 rings (SSSR count). The molecule has 1 aromatic rings. The van der Waals surface area contributed by atoms with Crippen LogP contribution in [0.5, 0.6) is 0 Å². The van der Waals surface area contributed by atoms with Gasteiger partial charge in [-0.25, -0.2) is 0 Å². The van der Waals surface area contributed by atoms with E-state index in [2.05, 4.69) is 21.2 Å². The van der Waals surface area contributed by atoms with Crippen molar-refractivity contribution in [2.24, 2.45) is 5.92 Å². The number of carbonyl (C=O) groups is 1. The molecule has 0 aliphatic carbocycles. The molecule has 21 heavy (non-hydrogen) atoms. The van der Waals surface area contributed by atoms with Gasteiger partial charge in [0.1, 0.15) is 0 Å². The van der Waals surface area contributed by atoms with Gasteiger partial charge in [-0.05, 0) is 30.5 Å². The van der Waals surface area contributed by atoms with Crippen molar-refractivity contribution in [3.05, 3.63) is 33.8 Å². The molecule has 3 nitrogen and oxygen atoms in total. The Labute approximate surface area is 129 Å². The molecule has 118 valence electrons. The molecule has 0 aromatic heterocycles. The zero-order chi connectivity index (χ0) is 16.0. The Morgan fingerprint density at radius 3 is 2.62 bits per heavy atom. The molecule has 0 radical (unpaired) electrons. The predicted octanol–water partition coefficient (Wildman–Crippen LogP) is 3.61. The fraction of sp³-hybridized carbons (Fsp3) is 0.500. The SMILES string of the molecule is CCC(CCO)CNC(=O)c1ccc(Br)c(C(F)(F)F)c1. The Morgan fingerprint density at radius 1 is 1.43 bits per heavy atom. The molecule has 2 N–H and O–H groups in total. The molecule has 0 aliphatic heterocycles. The van der Waals surface area contributed by atoms with Gasteiger partial charge >= 0.3 is 6.18 Å². The molecule has 1 aromatic carbocycles. The summed E-state index contributed by atoms with van der Waals surface area (Å²) in [4.78, 5) is 11.9. The fourth-order valence-corrected chi connectivity index (χ4v) is 2.33. The van der Waals surface area contributed by atoms with Crippen LogP contribution in [0.4, 0.5) is 13.2 Å². The van der Waals surface area contributed by atoms with Gasteiger partial charge in [0.15, 0.2) is 0 Å². The maximum absolute atomic E-state index is 12.8. The number of amides is 1. The second-order valence-electron chi connectivity index (χ2n) is 4.69. The van der Waals surface area contributed by atoms with Gasteiger partial charge in [-0.1, -0.05) is 29.3 Å². The van der Waals surface area contributed by atoms with Crippen molar-refractivity contribution in [3.8, 4) is 0 Å². The first-order chi connectivity index (χ1) is 9.79. The first-order valence-corrected chi connectivity index (χ1v) is 7.34. The Morgan fingerprint density at radius 2 is 2.10 bits per heavy atom. The molecule has 0 saturated heterocycles. The van der Waals surface area contributed by atoms with Crippen LogP contribution in [0.3, 0.4) is 0 Å². The summed E-state index contributed by atoms with van der Waals surface area (Å²) in [6, 6.07) is 3.37. The molecule has 7 heteroatoms. The molecule has 0 aliphatic rings. The molecule has 0 spiro atoms. The molecule has 0 fully saturated rings. The number of nitrogens with one attached hydrogen (secondary N) is 1. The zero-order valence-electron chi connectivity index (χ0n) is 11.5. The number of benzene rings is 1. The second-order valence-corrected chi connectivity index (χ2v) is 5.54. The Balaban J connectivity index is 2.79. The summed E-state index contributed by atoms with van der Waals surface area (Å²) in [5.41, 5.74) is -0.915. The van der Waals surface area contributed by atoms with E-state index in [-0.39, 0.29) is 22.6 Å². The van der Waals surface area contributed by atoms with Gasteiger partial charge in [0.2, 0.25) is 0 Å². The van der Waals surface area contributed by atoms with E-state index < -0.39 is 17.6 Å². The third kappa shape index (κ3) is 5.32. The molecule has 1 amide bonds. The molecule has 0 saturated carbocycles.